The van der Waals surface area contributed by atoms with Crippen LogP contribution in [0.2, 0.25) is 0 Å². The number of nitrogens with zero attached hydrogens (tertiary/aromatic N) is 2. The van der Waals surface area contributed by atoms with Crippen molar-refractivity contribution in [2.24, 2.45) is 5.92 Å². The van der Waals surface area contributed by atoms with Crippen molar-refractivity contribution in [1.82, 2.24) is 15.3 Å². The van der Waals surface area contributed by atoms with Crippen molar-refractivity contribution < 1.29 is 27.5 Å². The van der Waals surface area contributed by atoms with Crippen LogP contribution in [0.1, 0.15) is 47.6 Å². The number of amides is 2. The van der Waals surface area contributed by atoms with Crippen LogP contribution in [-0.2, 0) is 4.79 Å². The van der Waals surface area contributed by atoms with Crippen LogP contribution in [0, 0.1) is 12.8 Å². The van der Waals surface area contributed by atoms with Crippen molar-refractivity contribution in [3.63, 3.8) is 0 Å². The fraction of sp³-hybridized carbons (Fsp3) is 0.368. The average Bonchev–Trinajstić information content (AvgIpc) is 3.45. The molecule has 0 bridgehead atoms. The normalized spacial score (nSPS) is 14.8. The van der Waals surface area contributed by atoms with E-state index >= 15 is 0 Å². The number of aryl methyl sites for hydroxylation is 1. The van der Waals surface area contributed by atoms with Gasteiger partial charge >= 0.3 is 6.36 Å². The molecule has 1 aliphatic rings. The van der Waals surface area contributed by atoms with Crippen molar-refractivity contribution in [3.8, 4) is 5.75 Å². The van der Waals surface area contributed by atoms with Gasteiger partial charge in [0.1, 0.15) is 11.4 Å². The average molecular weight is 408 g/mol. The second-order valence-corrected chi connectivity index (χ2v) is 6.79. The number of anilines is 1. The number of carbonyl (C=O) groups is 2. The molecule has 154 valence electrons. The Balaban J connectivity index is 1.66. The summed E-state index contributed by atoms with van der Waals surface area (Å²) in [6, 6.07) is 6.19. The molecule has 0 saturated heterocycles. The van der Waals surface area contributed by atoms with Crippen LogP contribution >= 0.6 is 0 Å². The summed E-state index contributed by atoms with van der Waals surface area (Å²) < 4.78 is 40.5. The standard InChI is InChI=1S/C19H19F3N4O3/c1-10-9-15(25-18(23-10)26-16(27)13-3-4-13)17(28)24-11(2)12-5-7-14(8-6-12)29-19(20,21)22/h5-9,11,13H,3-4H2,1-2H3,(H,24,28)(H,23,25,26,27)/t11-/m1/s1. The summed E-state index contributed by atoms with van der Waals surface area (Å²) in [5.74, 6) is -0.978. The van der Waals surface area contributed by atoms with Crippen molar-refractivity contribution in [3.05, 3.63) is 47.3 Å². The van der Waals surface area contributed by atoms with Crippen molar-refractivity contribution in [2.45, 2.75) is 39.1 Å². The van der Waals surface area contributed by atoms with Crippen LogP contribution in [0.5, 0.6) is 5.75 Å². The second kappa shape index (κ2) is 8.06. The maximum absolute atomic E-state index is 12.5. The zero-order valence-corrected chi connectivity index (χ0v) is 15.7. The second-order valence-electron chi connectivity index (χ2n) is 6.79. The molecule has 1 fully saturated rings. The Labute approximate surface area is 164 Å². The molecule has 3 rings (SSSR count). The molecule has 10 heteroatoms. The first kappa shape index (κ1) is 20.6. The first-order valence-electron chi connectivity index (χ1n) is 8.94. The Bertz CT molecular complexity index is 912. The van der Waals surface area contributed by atoms with Gasteiger partial charge in [-0.15, -0.1) is 13.2 Å². The molecule has 0 radical (unpaired) electrons. The maximum atomic E-state index is 12.5. The molecule has 1 atom stereocenters. The quantitative estimate of drug-likeness (QED) is 0.763. The number of hydrogen-bond acceptors (Lipinski definition) is 5. The third-order valence-electron chi connectivity index (χ3n) is 4.23. The molecule has 7 nitrogen and oxygen atoms in total. The number of rotatable bonds is 6. The summed E-state index contributed by atoms with van der Waals surface area (Å²) in [6.07, 6.45) is -3.11. The Hall–Kier alpha value is -3.17. The third-order valence-corrected chi connectivity index (χ3v) is 4.23. The van der Waals surface area contributed by atoms with E-state index < -0.39 is 18.3 Å². The Morgan fingerprint density at radius 1 is 1.17 bits per heavy atom. The van der Waals surface area contributed by atoms with Crippen molar-refractivity contribution >= 4 is 17.8 Å². The molecule has 1 aromatic carbocycles. The molecule has 1 aliphatic carbocycles. The van der Waals surface area contributed by atoms with Gasteiger partial charge in [-0.2, -0.15) is 0 Å². The van der Waals surface area contributed by atoms with Crippen LogP contribution in [0.25, 0.3) is 0 Å². The molecular weight excluding hydrogens is 389 g/mol. The van der Waals surface area contributed by atoms with Gasteiger partial charge in [0, 0.05) is 11.6 Å². The van der Waals surface area contributed by atoms with E-state index in [-0.39, 0.29) is 29.2 Å². The lowest BCUT2D eigenvalue weighted by Gasteiger charge is -2.15. The number of alkyl halides is 3. The lowest BCUT2D eigenvalue weighted by Crippen LogP contribution is -2.28. The molecule has 2 N–H and O–H groups in total. The van der Waals surface area contributed by atoms with Gasteiger partial charge in [0.05, 0.1) is 6.04 Å². The number of carbonyl (C=O) groups excluding carboxylic acids is 2. The molecule has 0 spiro atoms. The first-order chi connectivity index (χ1) is 13.6. The minimum absolute atomic E-state index is 0.0271. The van der Waals surface area contributed by atoms with Gasteiger partial charge in [0.15, 0.2) is 0 Å². The lowest BCUT2D eigenvalue weighted by molar-refractivity contribution is -0.274. The topological polar surface area (TPSA) is 93.2 Å². The van der Waals surface area contributed by atoms with Gasteiger partial charge < -0.3 is 10.1 Å². The van der Waals surface area contributed by atoms with Crippen LogP contribution in [0.4, 0.5) is 19.1 Å². The van der Waals surface area contributed by atoms with Gasteiger partial charge in [0.2, 0.25) is 11.9 Å². The highest BCUT2D eigenvalue weighted by molar-refractivity contribution is 5.95. The molecule has 1 aromatic heterocycles. The molecule has 1 saturated carbocycles. The molecule has 2 aromatic rings. The third kappa shape index (κ3) is 5.90. The lowest BCUT2D eigenvalue weighted by atomic mass is 10.1. The van der Waals surface area contributed by atoms with Crippen LogP contribution in [0.3, 0.4) is 0 Å². The number of halogens is 3. The summed E-state index contributed by atoms with van der Waals surface area (Å²) in [4.78, 5) is 32.6. The highest BCUT2D eigenvalue weighted by Gasteiger charge is 2.31. The summed E-state index contributed by atoms with van der Waals surface area (Å²) >= 11 is 0. The van der Waals surface area contributed by atoms with E-state index in [2.05, 4.69) is 25.3 Å². The zero-order valence-electron chi connectivity index (χ0n) is 15.7. The van der Waals surface area contributed by atoms with E-state index in [1.807, 2.05) is 0 Å². The fourth-order valence-electron chi connectivity index (χ4n) is 2.61. The summed E-state index contributed by atoms with van der Waals surface area (Å²) in [7, 11) is 0. The van der Waals surface area contributed by atoms with E-state index in [4.69, 9.17) is 0 Å². The number of benzene rings is 1. The summed E-state index contributed by atoms with van der Waals surface area (Å²) in [6.45, 7) is 3.36. The van der Waals surface area contributed by atoms with E-state index in [1.165, 1.54) is 30.3 Å². The van der Waals surface area contributed by atoms with Gasteiger partial charge in [-0.3, -0.25) is 14.9 Å². The molecule has 2 amide bonds. The minimum atomic E-state index is -4.77. The highest BCUT2D eigenvalue weighted by Crippen LogP contribution is 2.29. The predicted octanol–water partition coefficient (Wildman–Crippen LogP) is 3.52. The molecular formula is C19H19F3N4O3. The smallest absolute Gasteiger partial charge is 0.406 e. The predicted molar refractivity (Wildman–Crippen MR) is 97.1 cm³/mol. The van der Waals surface area contributed by atoms with E-state index in [1.54, 1.807) is 13.8 Å². The molecule has 29 heavy (non-hydrogen) atoms. The first-order valence-corrected chi connectivity index (χ1v) is 8.94. The SMILES string of the molecule is Cc1cc(C(=O)N[C@H](C)c2ccc(OC(F)(F)F)cc2)nc(NC(=O)C2CC2)n1. The van der Waals surface area contributed by atoms with Gasteiger partial charge in [-0.25, -0.2) is 9.97 Å². The molecule has 1 heterocycles. The van der Waals surface area contributed by atoms with E-state index in [0.717, 1.165) is 12.8 Å². The Kier molecular flexibility index (Phi) is 5.71. The number of nitrogens with one attached hydrogen (secondary N) is 2. The van der Waals surface area contributed by atoms with Crippen LogP contribution in [0.15, 0.2) is 30.3 Å². The van der Waals surface area contributed by atoms with Crippen LogP contribution in [-0.4, -0.2) is 28.1 Å². The number of hydrogen-bond donors (Lipinski definition) is 2. The van der Waals surface area contributed by atoms with Gasteiger partial charge in [0.25, 0.3) is 5.91 Å². The maximum Gasteiger partial charge on any atom is 0.573 e. The zero-order chi connectivity index (χ0) is 21.2. The monoisotopic (exact) mass is 408 g/mol. The van der Waals surface area contributed by atoms with Crippen LogP contribution < -0.4 is 15.4 Å². The van der Waals surface area contributed by atoms with Gasteiger partial charge in [-0.05, 0) is 50.5 Å². The molecule has 0 unspecified atom stereocenters. The minimum Gasteiger partial charge on any atom is -0.406 e. The molecule has 0 aliphatic heterocycles. The van der Waals surface area contributed by atoms with E-state index in [0.29, 0.717) is 11.3 Å². The summed E-state index contributed by atoms with van der Waals surface area (Å²) in [5.41, 5.74) is 1.17. The fourth-order valence-corrected chi connectivity index (χ4v) is 2.61. The Morgan fingerprint density at radius 2 is 1.83 bits per heavy atom. The van der Waals surface area contributed by atoms with E-state index in [9.17, 15) is 22.8 Å². The number of aromatic nitrogens is 2. The highest BCUT2D eigenvalue weighted by atomic mass is 19.4. The van der Waals surface area contributed by atoms with Crippen molar-refractivity contribution in [2.75, 3.05) is 5.32 Å². The summed E-state index contributed by atoms with van der Waals surface area (Å²) in [5, 5.41) is 5.32. The van der Waals surface area contributed by atoms with Gasteiger partial charge in [-0.1, -0.05) is 12.1 Å². The van der Waals surface area contributed by atoms with Crippen molar-refractivity contribution in [1.29, 1.82) is 0 Å². The largest absolute Gasteiger partial charge is 0.573 e. The number of ether oxygens (including phenoxy) is 1. The Morgan fingerprint density at radius 3 is 2.41 bits per heavy atom.